The number of benzene rings is 2. The number of hydrogen-bond acceptors (Lipinski definition) is 5. The van der Waals surface area contributed by atoms with Crippen LogP contribution >= 0.6 is 11.8 Å². The number of nitrogens with one attached hydrogen (secondary N) is 1. The average Bonchev–Trinajstić information content (AvgIpc) is 3.00. The lowest BCUT2D eigenvalue weighted by Crippen LogP contribution is -2.25. The minimum atomic E-state index is -0.191. The van der Waals surface area contributed by atoms with E-state index in [9.17, 15) is 4.79 Å². The van der Waals surface area contributed by atoms with Crippen LogP contribution in [0.4, 0.5) is 0 Å². The SMILES string of the molecule is C=CCOc1ccccc1/C=N/N=C1\NC(=O)C(Cc2cccc(C)c2)S1. The van der Waals surface area contributed by atoms with Crippen LogP contribution in [0.1, 0.15) is 16.7 Å². The van der Waals surface area contributed by atoms with Gasteiger partial charge in [0.05, 0.1) is 11.5 Å². The summed E-state index contributed by atoms with van der Waals surface area (Å²) in [5.74, 6) is 0.673. The second-order valence-electron chi connectivity index (χ2n) is 6.08. The van der Waals surface area contributed by atoms with Crippen molar-refractivity contribution in [3.63, 3.8) is 0 Å². The molecule has 1 N–H and O–H groups in total. The molecule has 1 aliphatic heterocycles. The predicted octanol–water partition coefficient (Wildman–Crippen LogP) is 3.72. The third-order valence-corrected chi connectivity index (χ3v) is 4.97. The predicted molar refractivity (Wildman–Crippen MR) is 112 cm³/mol. The molecule has 27 heavy (non-hydrogen) atoms. The minimum Gasteiger partial charge on any atom is -0.489 e. The van der Waals surface area contributed by atoms with Gasteiger partial charge in [-0.1, -0.05) is 66.4 Å². The second-order valence-corrected chi connectivity index (χ2v) is 7.27. The Kier molecular flexibility index (Phi) is 6.44. The van der Waals surface area contributed by atoms with Crippen LogP contribution in [0.15, 0.2) is 71.4 Å². The smallest absolute Gasteiger partial charge is 0.239 e. The number of carbonyl (C=O) groups is 1. The molecular formula is C21H21N3O2S. The van der Waals surface area contributed by atoms with Gasteiger partial charge in [0, 0.05) is 5.56 Å². The summed E-state index contributed by atoms with van der Waals surface area (Å²) in [4.78, 5) is 12.2. The fraction of sp³-hybridized carbons (Fsp3) is 0.190. The maximum Gasteiger partial charge on any atom is 0.239 e. The van der Waals surface area contributed by atoms with Gasteiger partial charge in [0.15, 0.2) is 5.17 Å². The number of rotatable bonds is 7. The summed E-state index contributed by atoms with van der Waals surface area (Å²) < 4.78 is 5.59. The van der Waals surface area contributed by atoms with Crippen LogP contribution in [0.25, 0.3) is 0 Å². The van der Waals surface area contributed by atoms with Crippen molar-refractivity contribution in [1.82, 2.24) is 5.32 Å². The van der Waals surface area contributed by atoms with Gasteiger partial charge < -0.3 is 10.1 Å². The monoisotopic (exact) mass is 379 g/mol. The Labute approximate surface area is 163 Å². The second kappa shape index (κ2) is 9.19. The highest BCUT2D eigenvalue weighted by Gasteiger charge is 2.30. The van der Waals surface area contributed by atoms with E-state index in [0.717, 1.165) is 11.1 Å². The van der Waals surface area contributed by atoms with Crippen LogP contribution in [-0.2, 0) is 11.2 Å². The van der Waals surface area contributed by atoms with Gasteiger partial charge in [-0.2, -0.15) is 5.10 Å². The molecule has 0 spiro atoms. The van der Waals surface area contributed by atoms with Gasteiger partial charge in [-0.3, -0.25) is 4.79 Å². The molecule has 0 aliphatic carbocycles. The molecule has 1 amide bonds. The molecule has 1 saturated heterocycles. The third kappa shape index (κ3) is 5.31. The van der Waals surface area contributed by atoms with Gasteiger partial charge in [-0.25, -0.2) is 0 Å². The third-order valence-electron chi connectivity index (χ3n) is 3.90. The molecule has 1 unspecified atom stereocenters. The Balaban J connectivity index is 1.64. The zero-order chi connectivity index (χ0) is 19.1. The highest BCUT2D eigenvalue weighted by molar-refractivity contribution is 8.15. The summed E-state index contributed by atoms with van der Waals surface area (Å²) in [5.41, 5.74) is 3.14. The molecule has 1 aliphatic rings. The molecule has 1 atom stereocenters. The summed E-state index contributed by atoms with van der Waals surface area (Å²) in [6, 6.07) is 15.7. The molecule has 5 nitrogen and oxygen atoms in total. The van der Waals surface area contributed by atoms with Crippen molar-refractivity contribution in [1.29, 1.82) is 0 Å². The van der Waals surface area contributed by atoms with Crippen LogP contribution in [-0.4, -0.2) is 29.1 Å². The first-order valence-electron chi connectivity index (χ1n) is 8.62. The van der Waals surface area contributed by atoms with E-state index in [4.69, 9.17) is 4.74 Å². The van der Waals surface area contributed by atoms with Crippen LogP contribution < -0.4 is 10.1 Å². The molecule has 0 radical (unpaired) electrons. The molecule has 1 heterocycles. The number of aryl methyl sites for hydroxylation is 1. The van der Waals surface area contributed by atoms with Crippen LogP contribution in [0.5, 0.6) is 5.75 Å². The molecule has 6 heteroatoms. The standard InChI is InChI=1S/C21H21N3O2S/c1-3-11-26-18-10-5-4-9-17(18)14-22-24-21-23-20(25)19(27-21)13-16-8-6-7-15(2)12-16/h3-10,12,14,19H,1,11,13H2,2H3,(H,23,24,25)/b22-14+. The number of nitrogens with zero attached hydrogens (tertiary/aromatic N) is 2. The van der Waals surface area contributed by atoms with E-state index >= 15 is 0 Å². The fourth-order valence-corrected chi connectivity index (χ4v) is 3.62. The maximum absolute atomic E-state index is 12.2. The quantitative estimate of drug-likeness (QED) is 0.453. The van der Waals surface area contributed by atoms with Gasteiger partial charge >= 0.3 is 0 Å². The van der Waals surface area contributed by atoms with Gasteiger partial charge in [0.1, 0.15) is 12.4 Å². The molecule has 1 fully saturated rings. The molecule has 0 aromatic heterocycles. The summed E-state index contributed by atoms with van der Waals surface area (Å²) in [5, 5.41) is 11.4. The van der Waals surface area contributed by atoms with Crippen LogP contribution in [0, 0.1) is 6.92 Å². The van der Waals surface area contributed by atoms with Crippen molar-refractivity contribution in [2.75, 3.05) is 6.61 Å². The molecule has 3 rings (SSSR count). The number of amidine groups is 1. The van der Waals surface area contributed by atoms with E-state index in [-0.39, 0.29) is 11.2 Å². The Bertz CT molecular complexity index is 893. The van der Waals surface area contributed by atoms with E-state index in [1.54, 1.807) is 12.3 Å². The van der Waals surface area contributed by atoms with Crippen molar-refractivity contribution in [2.45, 2.75) is 18.6 Å². The van der Waals surface area contributed by atoms with Gasteiger partial charge in [-0.15, -0.1) is 5.10 Å². The normalized spacial score (nSPS) is 18.0. The summed E-state index contributed by atoms with van der Waals surface area (Å²) in [7, 11) is 0. The lowest BCUT2D eigenvalue weighted by molar-refractivity contribution is -0.118. The van der Waals surface area contributed by atoms with Crippen molar-refractivity contribution >= 4 is 29.1 Å². The molecule has 2 aromatic rings. The van der Waals surface area contributed by atoms with Crippen molar-refractivity contribution < 1.29 is 9.53 Å². The molecular weight excluding hydrogens is 358 g/mol. The van der Waals surface area contributed by atoms with E-state index in [2.05, 4.69) is 28.2 Å². The Hall–Kier alpha value is -2.86. The molecule has 138 valence electrons. The highest BCUT2D eigenvalue weighted by Crippen LogP contribution is 2.24. The Morgan fingerprint density at radius 3 is 2.93 bits per heavy atom. The number of amides is 1. The first-order chi connectivity index (χ1) is 13.2. The van der Waals surface area contributed by atoms with Crippen LogP contribution in [0.3, 0.4) is 0 Å². The van der Waals surface area contributed by atoms with Crippen LogP contribution in [0.2, 0.25) is 0 Å². The minimum absolute atomic E-state index is 0.0369. The van der Waals surface area contributed by atoms with Crippen molar-refractivity contribution in [3.05, 3.63) is 77.9 Å². The topological polar surface area (TPSA) is 63.1 Å². The lowest BCUT2D eigenvalue weighted by atomic mass is 10.1. The van der Waals surface area contributed by atoms with E-state index in [1.807, 2.05) is 49.4 Å². The number of ether oxygens (including phenoxy) is 1. The largest absolute Gasteiger partial charge is 0.489 e. The maximum atomic E-state index is 12.2. The van der Waals surface area contributed by atoms with E-state index < -0.39 is 0 Å². The zero-order valence-corrected chi connectivity index (χ0v) is 15.9. The Morgan fingerprint density at radius 1 is 1.26 bits per heavy atom. The van der Waals surface area contributed by atoms with Crippen molar-refractivity contribution in [2.24, 2.45) is 10.2 Å². The summed E-state index contributed by atoms with van der Waals surface area (Å²) in [6.45, 7) is 6.11. The lowest BCUT2D eigenvalue weighted by Gasteiger charge is -2.06. The molecule has 0 saturated carbocycles. The first kappa shape index (κ1) is 18.9. The van der Waals surface area contributed by atoms with Crippen molar-refractivity contribution in [3.8, 4) is 5.75 Å². The number of hydrogen-bond donors (Lipinski definition) is 1. The van der Waals surface area contributed by atoms with E-state index in [1.165, 1.54) is 17.3 Å². The highest BCUT2D eigenvalue weighted by atomic mass is 32.2. The molecule has 2 aromatic carbocycles. The Morgan fingerprint density at radius 2 is 2.11 bits per heavy atom. The fourth-order valence-electron chi connectivity index (χ4n) is 2.65. The zero-order valence-electron chi connectivity index (χ0n) is 15.1. The first-order valence-corrected chi connectivity index (χ1v) is 9.50. The van der Waals surface area contributed by atoms with E-state index in [0.29, 0.717) is 23.9 Å². The number of para-hydroxylation sites is 1. The molecule has 0 bridgehead atoms. The van der Waals surface area contributed by atoms with Gasteiger partial charge in [0.25, 0.3) is 0 Å². The van der Waals surface area contributed by atoms with Gasteiger partial charge in [0.2, 0.25) is 5.91 Å². The number of carbonyl (C=O) groups excluding carboxylic acids is 1. The summed E-state index contributed by atoms with van der Waals surface area (Å²) in [6.07, 6.45) is 3.97. The number of thioether (sulfide) groups is 1. The average molecular weight is 379 g/mol. The summed E-state index contributed by atoms with van der Waals surface area (Å²) >= 11 is 1.40. The van der Waals surface area contributed by atoms with Gasteiger partial charge in [-0.05, 0) is 31.0 Å².